The lowest BCUT2D eigenvalue weighted by atomic mass is 9.71. The van der Waals surface area contributed by atoms with E-state index in [1.807, 2.05) is 0 Å². The number of aromatic nitrogens is 2. The lowest BCUT2D eigenvalue weighted by molar-refractivity contribution is -0.00775. The zero-order valence-corrected chi connectivity index (χ0v) is 12.3. The van der Waals surface area contributed by atoms with Crippen LogP contribution in [0.5, 0.6) is 0 Å². The van der Waals surface area contributed by atoms with E-state index < -0.39 is 5.97 Å². The van der Waals surface area contributed by atoms with Gasteiger partial charge in [-0.3, -0.25) is 0 Å². The normalized spacial score (nSPS) is 25.9. The van der Waals surface area contributed by atoms with Crippen molar-refractivity contribution in [2.45, 2.75) is 46.1 Å². The molecule has 0 amide bonds. The summed E-state index contributed by atoms with van der Waals surface area (Å²) < 4.78 is 5.54. The molecule has 1 aliphatic carbocycles. The summed E-state index contributed by atoms with van der Waals surface area (Å²) in [5.74, 6) is 0.150. The average Bonchev–Trinajstić information content (AvgIpc) is 2.26. The van der Waals surface area contributed by atoms with Gasteiger partial charge in [-0.2, -0.15) is 0 Å². The number of esters is 1. The molecule has 2 rings (SSSR count). The Morgan fingerprint density at radius 2 is 2.11 bits per heavy atom. The van der Waals surface area contributed by atoms with E-state index in [0.717, 1.165) is 12.8 Å². The third-order valence-electron chi connectivity index (χ3n) is 3.46. The number of carbonyl (C=O) groups is 1. The molecule has 2 atom stereocenters. The highest BCUT2D eigenvalue weighted by molar-refractivity contribution is 6.29. The van der Waals surface area contributed by atoms with Gasteiger partial charge in [0, 0.05) is 0 Å². The molecule has 1 aliphatic rings. The highest BCUT2D eigenvalue weighted by atomic mass is 35.5. The second kappa shape index (κ2) is 5.45. The van der Waals surface area contributed by atoms with Crippen molar-refractivity contribution in [2.75, 3.05) is 0 Å². The molecule has 1 saturated carbocycles. The fourth-order valence-electron chi connectivity index (χ4n) is 2.98. The summed E-state index contributed by atoms with van der Waals surface area (Å²) in [6.45, 7) is 6.63. The maximum absolute atomic E-state index is 12.0. The summed E-state index contributed by atoms with van der Waals surface area (Å²) in [6, 6.07) is 3.08. The van der Waals surface area contributed by atoms with E-state index in [2.05, 4.69) is 31.0 Å². The molecule has 0 saturated heterocycles. The van der Waals surface area contributed by atoms with Crippen molar-refractivity contribution < 1.29 is 9.53 Å². The monoisotopic (exact) mass is 282 g/mol. The van der Waals surface area contributed by atoms with Crippen LogP contribution in [0.15, 0.2) is 12.1 Å². The molecule has 0 aromatic carbocycles. The van der Waals surface area contributed by atoms with Crippen LogP contribution in [-0.2, 0) is 4.74 Å². The van der Waals surface area contributed by atoms with E-state index >= 15 is 0 Å². The summed E-state index contributed by atoms with van der Waals surface area (Å²) in [4.78, 5) is 12.0. The van der Waals surface area contributed by atoms with Gasteiger partial charge in [-0.15, -0.1) is 10.2 Å². The highest BCUT2D eigenvalue weighted by Crippen LogP contribution is 2.39. The molecule has 5 heteroatoms. The Bertz CT molecular complexity index is 459. The smallest absolute Gasteiger partial charge is 0.359 e. The van der Waals surface area contributed by atoms with Crippen LogP contribution in [0, 0.1) is 11.3 Å². The minimum Gasteiger partial charge on any atom is -0.458 e. The Morgan fingerprint density at radius 3 is 2.68 bits per heavy atom. The summed E-state index contributed by atoms with van der Waals surface area (Å²) in [7, 11) is 0. The van der Waals surface area contributed by atoms with Crippen LogP contribution in [0.2, 0.25) is 5.15 Å². The van der Waals surface area contributed by atoms with Gasteiger partial charge in [0.1, 0.15) is 6.10 Å². The average molecular weight is 283 g/mol. The fraction of sp³-hybridized carbons (Fsp3) is 0.643. The summed E-state index contributed by atoms with van der Waals surface area (Å²) in [5, 5.41) is 7.66. The molecular weight excluding hydrogens is 264 g/mol. The molecule has 1 aromatic heterocycles. The van der Waals surface area contributed by atoms with E-state index in [1.54, 1.807) is 6.07 Å². The summed E-state index contributed by atoms with van der Waals surface area (Å²) >= 11 is 5.64. The van der Waals surface area contributed by atoms with Crippen LogP contribution in [-0.4, -0.2) is 22.3 Å². The summed E-state index contributed by atoms with van der Waals surface area (Å²) in [6.07, 6.45) is 2.94. The molecule has 0 N–H and O–H groups in total. The molecule has 0 spiro atoms. The minimum atomic E-state index is -0.418. The van der Waals surface area contributed by atoms with Crippen molar-refractivity contribution in [1.29, 1.82) is 0 Å². The quantitative estimate of drug-likeness (QED) is 0.779. The van der Waals surface area contributed by atoms with Gasteiger partial charge in [-0.25, -0.2) is 4.79 Å². The van der Waals surface area contributed by atoms with Crippen LogP contribution >= 0.6 is 11.6 Å². The highest BCUT2D eigenvalue weighted by Gasteiger charge is 2.34. The number of halogens is 1. The fourth-order valence-corrected chi connectivity index (χ4v) is 3.09. The van der Waals surface area contributed by atoms with Crippen molar-refractivity contribution in [3.05, 3.63) is 23.0 Å². The second-order valence-corrected chi connectivity index (χ2v) is 6.57. The van der Waals surface area contributed by atoms with Gasteiger partial charge < -0.3 is 4.74 Å². The minimum absolute atomic E-state index is 0.0382. The Morgan fingerprint density at radius 1 is 1.37 bits per heavy atom. The first kappa shape index (κ1) is 14.3. The molecule has 1 fully saturated rings. The van der Waals surface area contributed by atoms with Crippen LogP contribution in [0.25, 0.3) is 0 Å². The SMILES string of the molecule is CC1CC(OC(=O)c2ccc(Cl)nn2)CC(C)(C)C1. The molecule has 1 aromatic rings. The number of rotatable bonds is 2. The molecule has 0 bridgehead atoms. The lowest BCUT2D eigenvalue weighted by Gasteiger charge is -2.38. The number of carbonyl (C=O) groups excluding carboxylic acids is 1. The lowest BCUT2D eigenvalue weighted by Crippen LogP contribution is -2.34. The standard InChI is InChI=1S/C14H19ClN2O2/c1-9-6-10(8-14(2,3)7-9)19-13(18)11-4-5-12(15)17-16-11/h4-5,9-10H,6-8H2,1-3H3. The van der Waals surface area contributed by atoms with E-state index in [9.17, 15) is 4.79 Å². The Labute approximate surface area is 118 Å². The van der Waals surface area contributed by atoms with Crippen molar-refractivity contribution in [3.8, 4) is 0 Å². The second-order valence-electron chi connectivity index (χ2n) is 6.18. The van der Waals surface area contributed by atoms with E-state index in [-0.39, 0.29) is 22.4 Å². The van der Waals surface area contributed by atoms with E-state index in [4.69, 9.17) is 16.3 Å². The Hall–Kier alpha value is -1.16. The van der Waals surface area contributed by atoms with Crippen LogP contribution in [0.1, 0.15) is 50.5 Å². The van der Waals surface area contributed by atoms with Crippen molar-refractivity contribution in [2.24, 2.45) is 11.3 Å². The third kappa shape index (κ3) is 3.90. The molecular formula is C14H19ClN2O2. The van der Waals surface area contributed by atoms with Crippen molar-refractivity contribution in [3.63, 3.8) is 0 Å². The van der Waals surface area contributed by atoms with Crippen LogP contribution in [0.3, 0.4) is 0 Å². The largest absolute Gasteiger partial charge is 0.458 e. The van der Waals surface area contributed by atoms with Gasteiger partial charge in [0.2, 0.25) is 0 Å². The predicted octanol–water partition coefficient (Wildman–Crippen LogP) is 3.50. The first-order valence-electron chi connectivity index (χ1n) is 6.56. The van der Waals surface area contributed by atoms with Gasteiger partial charge in [0.15, 0.2) is 10.8 Å². The topological polar surface area (TPSA) is 52.1 Å². The van der Waals surface area contributed by atoms with Crippen LogP contribution in [0.4, 0.5) is 0 Å². The van der Waals surface area contributed by atoms with E-state index in [0.29, 0.717) is 5.92 Å². The molecule has 0 aliphatic heterocycles. The Kier molecular flexibility index (Phi) is 4.09. The maximum Gasteiger partial charge on any atom is 0.359 e. The molecule has 104 valence electrons. The van der Waals surface area contributed by atoms with Gasteiger partial charge >= 0.3 is 5.97 Å². The first-order chi connectivity index (χ1) is 8.85. The van der Waals surface area contributed by atoms with Crippen LogP contribution < -0.4 is 0 Å². The molecule has 4 nitrogen and oxygen atoms in total. The number of ether oxygens (including phenoxy) is 1. The van der Waals surface area contributed by atoms with Crippen molar-refractivity contribution >= 4 is 17.6 Å². The first-order valence-corrected chi connectivity index (χ1v) is 6.94. The third-order valence-corrected chi connectivity index (χ3v) is 3.66. The number of hydrogen-bond acceptors (Lipinski definition) is 4. The van der Waals surface area contributed by atoms with E-state index in [1.165, 1.54) is 12.5 Å². The van der Waals surface area contributed by atoms with Gasteiger partial charge in [-0.05, 0) is 42.7 Å². The van der Waals surface area contributed by atoms with Gasteiger partial charge in [-0.1, -0.05) is 32.4 Å². The molecule has 19 heavy (non-hydrogen) atoms. The predicted molar refractivity (Wildman–Crippen MR) is 73.0 cm³/mol. The number of hydrogen-bond donors (Lipinski definition) is 0. The Balaban J connectivity index is 2.00. The molecule has 2 unspecified atom stereocenters. The molecule has 1 heterocycles. The summed E-state index contributed by atoms with van der Waals surface area (Å²) in [5.41, 5.74) is 0.425. The maximum atomic E-state index is 12.0. The van der Waals surface area contributed by atoms with Gasteiger partial charge in [0.05, 0.1) is 0 Å². The zero-order chi connectivity index (χ0) is 14.0. The number of nitrogens with zero attached hydrogens (tertiary/aromatic N) is 2. The molecule has 0 radical (unpaired) electrons. The van der Waals surface area contributed by atoms with Crippen molar-refractivity contribution in [1.82, 2.24) is 10.2 Å². The van der Waals surface area contributed by atoms with Gasteiger partial charge in [0.25, 0.3) is 0 Å². The zero-order valence-electron chi connectivity index (χ0n) is 11.5.